The molecule has 0 aliphatic carbocycles. The van der Waals surface area contributed by atoms with E-state index in [0.29, 0.717) is 29.7 Å². The molecule has 12 heteroatoms. The van der Waals surface area contributed by atoms with Gasteiger partial charge >= 0.3 is 6.03 Å². The number of benzene rings is 2. The minimum Gasteiger partial charge on any atom is -0.359 e. The molecule has 0 spiro atoms. The van der Waals surface area contributed by atoms with E-state index in [0.717, 1.165) is 40.1 Å². The lowest BCUT2D eigenvalue weighted by molar-refractivity contribution is -0.122. The van der Waals surface area contributed by atoms with Gasteiger partial charge in [-0.1, -0.05) is 36.4 Å². The van der Waals surface area contributed by atoms with Gasteiger partial charge in [0.05, 0.1) is 22.5 Å². The Balaban J connectivity index is 1.59. The third-order valence-corrected chi connectivity index (χ3v) is 8.58. The van der Waals surface area contributed by atoms with Crippen LogP contribution in [-0.4, -0.2) is 76.6 Å². The van der Waals surface area contributed by atoms with Crippen molar-refractivity contribution in [2.24, 2.45) is 0 Å². The Labute approximate surface area is 279 Å². The van der Waals surface area contributed by atoms with Crippen LogP contribution in [0.1, 0.15) is 61.3 Å². The number of carbonyl (C=O) groups is 4. The number of hydrogen-bond donors (Lipinski definition) is 3. The van der Waals surface area contributed by atoms with Crippen LogP contribution in [0.4, 0.5) is 4.79 Å². The average Bonchev–Trinajstić information content (AvgIpc) is 3.45. The molecular weight excluding hydrogens is 614 g/mol. The first-order valence-corrected chi connectivity index (χ1v) is 16.5. The number of nitrogens with one attached hydrogen (secondary N) is 3. The fourth-order valence-electron chi connectivity index (χ4n) is 4.97. The molecule has 3 N–H and O–H groups in total. The number of rotatable bonds is 14. The lowest BCUT2D eigenvalue weighted by Gasteiger charge is -2.22. The van der Waals surface area contributed by atoms with E-state index in [1.54, 1.807) is 26.4 Å². The van der Waals surface area contributed by atoms with Gasteiger partial charge in [-0.3, -0.25) is 19.4 Å². The van der Waals surface area contributed by atoms with Crippen molar-refractivity contribution in [3.63, 3.8) is 0 Å². The van der Waals surface area contributed by atoms with Crippen LogP contribution in [-0.2, 0) is 9.59 Å². The van der Waals surface area contributed by atoms with E-state index in [1.165, 1.54) is 21.3 Å². The summed E-state index contributed by atoms with van der Waals surface area (Å²) in [4.78, 5) is 58.3. The Morgan fingerprint density at radius 3 is 2.47 bits per heavy atom. The number of unbranched alkanes of at least 4 members (excludes halogenated alkanes) is 1. The van der Waals surface area contributed by atoms with Crippen molar-refractivity contribution in [3.8, 4) is 0 Å². The Morgan fingerprint density at radius 1 is 0.957 bits per heavy atom. The molecule has 1 unspecified atom stereocenters. The number of amides is 4. The summed E-state index contributed by atoms with van der Waals surface area (Å²) in [6.07, 6.45) is 8.07. The summed E-state index contributed by atoms with van der Waals surface area (Å²) in [5.41, 5.74) is 2.44. The molecule has 2 heterocycles. The van der Waals surface area contributed by atoms with Crippen molar-refractivity contribution < 1.29 is 19.2 Å². The zero-order chi connectivity index (χ0) is 33.8. The van der Waals surface area contributed by atoms with Gasteiger partial charge in [0.2, 0.25) is 11.8 Å². The molecule has 0 saturated carbocycles. The van der Waals surface area contributed by atoms with Crippen molar-refractivity contribution in [1.29, 1.82) is 0 Å². The maximum atomic E-state index is 14.0. The number of carbonyl (C=O) groups excluding carboxylic acids is 4. The second-order valence-electron chi connectivity index (χ2n) is 10.9. The Bertz CT molecular complexity index is 1740. The molecule has 246 valence electrons. The van der Waals surface area contributed by atoms with Gasteiger partial charge in [0.15, 0.2) is 0 Å². The van der Waals surface area contributed by atoms with E-state index < -0.39 is 6.03 Å². The lowest BCUT2D eigenvalue weighted by Crippen LogP contribution is -2.45. The fourth-order valence-corrected chi connectivity index (χ4v) is 5.95. The fraction of sp³-hybridized carbons (Fsp3) is 0.314. The second-order valence-corrected chi connectivity index (χ2v) is 12.0. The minimum atomic E-state index is -0.434. The van der Waals surface area contributed by atoms with Crippen LogP contribution in [0.15, 0.2) is 76.7 Å². The number of likely N-dealkylation sites (N-methyl/N-ethyl adjacent to an activating group) is 1. The van der Waals surface area contributed by atoms with Gasteiger partial charge in [-0.05, 0) is 81.3 Å². The maximum absolute atomic E-state index is 14.0. The van der Waals surface area contributed by atoms with E-state index in [1.807, 2.05) is 80.6 Å². The number of pyridine rings is 1. The van der Waals surface area contributed by atoms with Crippen LogP contribution in [0.2, 0.25) is 0 Å². The molecule has 0 saturated heterocycles. The molecular formula is C35H41N7O4S. The van der Waals surface area contributed by atoms with Gasteiger partial charge in [0.25, 0.3) is 5.91 Å². The third-order valence-electron chi connectivity index (χ3n) is 7.51. The SMILES string of the molecule is CCN(CC(=O)NC(C)CCCCC(=O)NC)C(=O)n1nc(/C=C/c2ccccn2)c2ccc(Sc3ccccc3C(=O)NC)cc21. The summed E-state index contributed by atoms with van der Waals surface area (Å²) in [5, 5.41) is 13.7. The Morgan fingerprint density at radius 2 is 1.74 bits per heavy atom. The summed E-state index contributed by atoms with van der Waals surface area (Å²) in [6, 6.07) is 18.1. The van der Waals surface area contributed by atoms with Crippen molar-refractivity contribution in [3.05, 3.63) is 83.8 Å². The highest BCUT2D eigenvalue weighted by Crippen LogP contribution is 2.33. The molecule has 4 amide bonds. The highest BCUT2D eigenvalue weighted by atomic mass is 32.2. The predicted octanol–water partition coefficient (Wildman–Crippen LogP) is 5.21. The van der Waals surface area contributed by atoms with E-state index in [2.05, 4.69) is 20.9 Å². The molecule has 11 nitrogen and oxygen atoms in total. The first kappa shape index (κ1) is 34.9. The first-order chi connectivity index (χ1) is 22.7. The largest absolute Gasteiger partial charge is 0.359 e. The molecule has 2 aromatic carbocycles. The molecule has 4 rings (SSSR count). The van der Waals surface area contributed by atoms with Crippen molar-refractivity contribution >= 4 is 58.6 Å². The molecule has 0 fully saturated rings. The molecule has 2 aromatic heterocycles. The number of nitrogens with zero attached hydrogens (tertiary/aromatic N) is 4. The summed E-state index contributed by atoms with van der Waals surface area (Å²) < 4.78 is 1.33. The van der Waals surface area contributed by atoms with Crippen LogP contribution in [0.25, 0.3) is 23.1 Å². The maximum Gasteiger partial charge on any atom is 0.345 e. The quantitative estimate of drug-likeness (QED) is 0.159. The van der Waals surface area contributed by atoms with Crippen molar-refractivity contribution in [1.82, 2.24) is 35.6 Å². The highest BCUT2D eigenvalue weighted by Gasteiger charge is 2.23. The summed E-state index contributed by atoms with van der Waals surface area (Å²) in [7, 11) is 3.21. The summed E-state index contributed by atoms with van der Waals surface area (Å²) in [5.74, 6) is -0.459. The van der Waals surface area contributed by atoms with Crippen LogP contribution in [0.3, 0.4) is 0 Å². The Hall–Kier alpha value is -4.97. The highest BCUT2D eigenvalue weighted by molar-refractivity contribution is 7.99. The average molecular weight is 656 g/mol. The van der Waals surface area contributed by atoms with Crippen molar-refractivity contribution in [2.45, 2.75) is 55.4 Å². The monoisotopic (exact) mass is 655 g/mol. The normalized spacial score (nSPS) is 11.7. The number of hydrogen-bond acceptors (Lipinski definition) is 7. The molecule has 0 bridgehead atoms. The summed E-state index contributed by atoms with van der Waals surface area (Å²) in [6.45, 7) is 3.89. The molecule has 0 aliphatic heterocycles. The van der Waals surface area contributed by atoms with Gasteiger partial charge in [-0.2, -0.15) is 9.78 Å². The zero-order valence-electron chi connectivity index (χ0n) is 27.2. The van der Waals surface area contributed by atoms with Crippen molar-refractivity contribution in [2.75, 3.05) is 27.2 Å². The van der Waals surface area contributed by atoms with Crippen LogP contribution in [0.5, 0.6) is 0 Å². The molecule has 0 aliphatic rings. The lowest BCUT2D eigenvalue weighted by atomic mass is 10.1. The third kappa shape index (κ3) is 9.52. The second kappa shape index (κ2) is 17.1. The smallest absolute Gasteiger partial charge is 0.345 e. The minimum absolute atomic E-state index is 0.000241. The molecule has 0 radical (unpaired) electrons. The van der Waals surface area contributed by atoms with E-state index in [-0.39, 0.29) is 30.3 Å². The summed E-state index contributed by atoms with van der Waals surface area (Å²) >= 11 is 1.41. The molecule has 1 atom stereocenters. The van der Waals surface area contributed by atoms with Gasteiger partial charge < -0.3 is 20.9 Å². The van der Waals surface area contributed by atoms with Gasteiger partial charge in [-0.25, -0.2) is 4.79 Å². The standard InChI is InChI=1S/C35H41N7O4S/c1-5-41(23-33(44)39-24(2)12-6-9-16-32(43)36-3)35(46)42-30-22-26(47-31-15-8-7-14-28(31)34(45)37-4)18-19-27(30)29(40-42)20-17-25-13-10-11-21-38-25/h7-8,10-11,13-15,17-22,24H,5-6,9,12,16,23H2,1-4H3,(H,36,43)(H,37,45)(H,39,44)/b20-17+. The zero-order valence-corrected chi connectivity index (χ0v) is 28.0. The van der Waals surface area contributed by atoms with E-state index in [9.17, 15) is 19.2 Å². The molecule has 47 heavy (non-hydrogen) atoms. The van der Waals surface area contributed by atoms with E-state index >= 15 is 0 Å². The van der Waals surface area contributed by atoms with Gasteiger partial charge in [-0.15, -0.1) is 0 Å². The first-order valence-electron chi connectivity index (χ1n) is 15.6. The molecule has 4 aromatic rings. The number of aromatic nitrogens is 3. The topological polar surface area (TPSA) is 138 Å². The van der Waals surface area contributed by atoms with E-state index in [4.69, 9.17) is 5.10 Å². The Kier molecular flexibility index (Phi) is 12.7. The van der Waals surface area contributed by atoms with Gasteiger partial charge in [0, 0.05) is 54.5 Å². The number of fused-ring (bicyclic) bond motifs is 1. The van der Waals surface area contributed by atoms with Gasteiger partial charge in [0.1, 0.15) is 6.54 Å². The predicted molar refractivity (Wildman–Crippen MR) is 185 cm³/mol. The van der Waals surface area contributed by atoms with Crippen LogP contribution < -0.4 is 16.0 Å². The van der Waals surface area contributed by atoms with Crippen LogP contribution >= 0.6 is 11.8 Å². The van der Waals surface area contributed by atoms with Crippen LogP contribution in [0, 0.1) is 0 Å².